The average Bonchev–Trinajstić information content (AvgIpc) is 2.84. The first-order chi connectivity index (χ1) is 9.15. The van der Waals surface area contributed by atoms with Gasteiger partial charge in [-0.3, -0.25) is 0 Å². The lowest BCUT2D eigenvalue weighted by Crippen LogP contribution is -2.04. The van der Waals surface area contributed by atoms with Crippen molar-refractivity contribution in [1.29, 1.82) is 0 Å². The summed E-state index contributed by atoms with van der Waals surface area (Å²) >= 11 is 1.67. The van der Waals surface area contributed by atoms with Gasteiger partial charge in [-0.25, -0.2) is 4.98 Å². The number of nitrogens with two attached hydrogens (primary N) is 1. The Bertz CT molecular complexity index is 536. The van der Waals surface area contributed by atoms with E-state index in [0.29, 0.717) is 12.5 Å². The number of nitrogens with zero attached hydrogens (tertiary/aromatic N) is 1. The van der Waals surface area contributed by atoms with Gasteiger partial charge < -0.3 is 16.2 Å². The third-order valence-corrected chi connectivity index (χ3v) is 4.36. The van der Waals surface area contributed by atoms with Gasteiger partial charge in [-0.1, -0.05) is 6.92 Å². The molecule has 1 aromatic heterocycles. The lowest BCUT2D eigenvalue weighted by molar-refractivity contribution is 0.475. The monoisotopic (exact) mass is 277 g/mol. The number of aromatic hydroxyl groups is 1. The van der Waals surface area contributed by atoms with E-state index in [-0.39, 0.29) is 5.75 Å². The lowest BCUT2D eigenvalue weighted by Gasteiger charge is -2.09. The van der Waals surface area contributed by atoms with Crippen molar-refractivity contribution in [3.8, 4) is 17.0 Å². The van der Waals surface area contributed by atoms with Gasteiger partial charge >= 0.3 is 0 Å². The van der Waals surface area contributed by atoms with Gasteiger partial charge in [-0.2, -0.15) is 0 Å². The molecule has 102 valence electrons. The molecule has 0 aliphatic heterocycles. The minimum Gasteiger partial charge on any atom is -0.508 e. The summed E-state index contributed by atoms with van der Waals surface area (Å²) in [5.41, 5.74) is 7.65. The van der Waals surface area contributed by atoms with Gasteiger partial charge in [0.15, 0.2) is 5.13 Å². The zero-order valence-corrected chi connectivity index (χ0v) is 12.0. The molecule has 2 aromatic rings. The van der Waals surface area contributed by atoms with Crippen LogP contribution < -0.4 is 11.1 Å². The van der Waals surface area contributed by atoms with Gasteiger partial charge in [0.2, 0.25) is 0 Å². The second-order valence-electron chi connectivity index (χ2n) is 4.51. The van der Waals surface area contributed by atoms with E-state index in [2.05, 4.69) is 17.2 Å². The fraction of sp³-hybridized carbons (Fsp3) is 0.357. The first-order valence-electron chi connectivity index (χ1n) is 6.33. The molecule has 0 saturated heterocycles. The van der Waals surface area contributed by atoms with E-state index in [0.717, 1.165) is 22.8 Å². The summed E-state index contributed by atoms with van der Waals surface area (Å²) in [4.78, 5) is 5.85. The Morgan fingerprint density at radius 2 is 2.05 bits per heavy atom. The van der Waals surface area contributed by atoms with Crippen molar-refractivity contribution in [3.05, 3.63) is 29.1 Å². The largest absolute Gasteiger partial charge is 0.508 e. The van der Waals surface area contributed by atoms with Gasteiger partial charge in [0.1, 0.15) is 5.75 Å². The molecular weight excluding hydrogens is 258 g/mol. The Kier molecular flexibility index (Phi) is 4.39. The van der Waals surface area contributed by atoms with E-state index < -0.39 is 0 Å². The zero-order valence-electron chi connectivity index (χ0n) is 11.2. The molecular formula is C14H19N3OS. The molecule has 1 heterocycles. The van der Waals surface area contributed by atoms with Crippen LogP contribution in [0.2, 0.25) is 0 Å². The van der Waals surface area contributed by atoms with E-state index in [1.165, 1.54) is 4.88 Å². The SMILES string of the molecule is CNc1nc(-c2ccc(O)cc2)c(C(C)CCN)s1. The van der Waals surface area contributed by atoms with Crippen LogP contribution in [0.1, 0.15) is 24.1 Å². The lowest BCUT2D eigenvalue weighted by atomic mass is 10.0. The number of phenols is 1. The van der Waals surface area contributed by atoms with Crippen molar-refractivity contribution in [2.75, 3.05) is 18.9 Å². The molecule has 4 N–H and O–H groups in total. The second kappa shape index (κ2) is 6.04. The third kappa shape index (κ3) is 3.05. The Balaban J connectivity index is 2.42. The molecule has 1 aromatic carbocycles. The summed E-state index contributed by atoms with van der Waals surface area (Å²) in [5, 5.41) is 13.4. The highest BCUT2D eigenvalue weighted by atomic mass is 32.1. The second-order valence-corrected chi connectivity index (χ2v) is 5.54. The number of phenolic OH excluding ortho intramolecular Hbond substituents is 1. The van der Waals surface area contributed by atoms with Crippen molar-refractivity contribution in [1.82, 2.24) is 4.98 Å². The fourth-order valence-corrected chi connectivity index (χ4v) is 3.01. The molecule has 0 radical (unpaired) electrons. The fourth-order valence-electron chi connectivity index (χ4n) is 1.98. The summed E-state index contributed by atoms with van der Waals surface area (Å²) in [7, 11) is 1.87. The normalized spacial score (nSPS) is 12.4. The van der Waals surface area contributed by atoms with E-state index in [1.54, 1.807) is 23.5 Å². The number of rotatable bonds is 5. The molecule has 1 atom stereocenters. The third-order valence-electron chi connectivity index (χ3n) is 3.06. The van der Waals surface area contributed by atoms with Crippen LogP contribution in [-0.2, 0) is 0 Å². The van der Waals surface area contributed by atoms with Crippen molar-refractivity contribution >= 4 is 16.5 Å². The predicted octanol–water partition coefficient (Wildman–Crippen LogP) is 3.01. The number of thiazole rings is 1. The van der Waals surface area contributed by atoms with Crippen LogP contribution >= 0.6 is 11.3 Å². The summed E-state index contributed by atoms with van der Waals surface area (Å²) in [6.45, 7) is 2.84. The van der Waals surface area contributed by atoms with Crippen molar-refractivity contribution in [2.45, 2.75) is 19.3 Å². The highest BCUT2D eigenvalue weighted by molar-refractivity contribution is 7.16. The van der Waals surface area contributed by atoms with Crippen LogP contribution in [0, 0.1) is 0 Å². The highest BCUT2D eigenvalue weighted by Crippen LogP contribution is 2.37. The van der Waals surface area contributed by atoms with Gasteiger partial charge in [0, 0.05) is 17.5 Å². The minimum atomic E-state index is 0.268. The number of hydrogen-bond acceptors (Lipinski definition) is 5. The number of hydrogen-bond donors (Lipinski definition) is 3. The van der Waals surface area contributed by atoms with Gasteiger partial charge in [0.25, 0.3) is 0 Å². The maximum atomic E-state index is 9.37. The molecule has 0 fully saturated rings. The van der Waals surface area contributed by atoms with E-state index in [4.69, 9.17) is 5.73 Å². The zero-order chi connectivity index (χ0) is 13.8. The first-order valence-corrected chi connectivity index (χ1v) is 7.15. The average molecular weight is 277 g/mol. The summed E-state index contributed by atoms with van der Waals surface area (Å²) in [6, 6.07) is 7.15. The maximum Gasteiger partial charge on any atom is 0.183 e. The number of aromatic nitrogens is 1. The van der Waals surface area contributed by atoms with Crippen molar-refractivity contribution in [2.24, 2.45) is 5.73 Å². The predicted molar refractivity (Wildman–Crippen MR) is 80.8 cm³/mol. The van der Waals surface area contributed by atoms with Crippen LogP contribution in [-0.4, -0.2) is 23.7 Å². The molecule has 0 aliphatic carbocycles. The van der Waals surface area contributed by atoms with Crippen molar-refractivity contribution < 1.29 is 5.11 Å². The van der Waals surface area contributed by atoms with Crippen LogP contribution in [0.5, 0.6) is 5.75 Å². The Hall–Kier alpha value is -1.59. The van der Waals surface area contributed by atoms with Gasteiger partial charge in [-0.05, 0) is 43.1 Å². The number of anilines is 1. The quantitative estimate of drug-likeness (QED) is 0.785. The molecule has 0 spiro atoms. The molecule has 2 rings (SSSR count). The van der Waals surface area contributed by atoms with E-state index >= 15 is 0 Å². The van der Waals surface area contributed by atoms with Crippen LogP contribution in [0.4, 0.5) is 5.13 Å². The topological polar surface area (TPSA) is 71.2 Å². The Morgan fingerprint density at radius 3 is 2.63 bits per heavy atom. The molecule has 0 bridgehead atoms. The standard InChI is InChI=1S/C14H19N3OS/c1-9(7-8-15)13-12(17-14(16-2)19-13)10-3-5-11(18)6-4-10/h3-6,9,18H,7-8,15H2,1-2H3,(H,16,17). The number of benzene rings is 1. The molecule has 1 unspecified atom stereocenters. The summed E-state index contributed by atoms with van der Waals surface area (Å²) in [6.07, 6.45) is 0.941. The Morgan fingerprint density at radius 1 is 1.37 bits per heavy atom. The molecule has 0 saturated carbocycles. The molecule has 19 heavy (non-hydrogen) atoms. The smallest absolute Gasteiger partial charge is 0.183 e. The van der Waals surface area contributed by atoms with E-state index in [1.807, 2.05) is 19.2 Å². The summed E-state index contributed by atoms with van der Waals surface area (Å²) in [5.74, 6) is 0.651. The number of nitrogens with one attached hydrogen (secondary N) is 1. The van der Waals surface area contributed by atoms with Crippen LogP contribution in [0.15, 0.2) is 24.3 Å². The maximum absolute atomic E-state index is 9.37. The van der Waals surface area contributed by atoms with Gasteiger partial charge in [-0.15, -0.1) is 11.3 Å². The highest BCUT2D eigenvalue weighted by Gasteiger charge is 2.17. The molecule has 0 aliphatic rings. The molecule has 0 amide bonds. The Labute approximate surface area is 117 Å². The van der Waals surface area contributed by atoms with Crippen LogP contribution in [0.25, 0.3) is 11.3 Å². The molecule has 4 nitrogen and oxygen atoms in total. The van der Waals surface area contributed by atoms with Gasteiger partial charge in [0.05, 0.1) is 5.69 Å². The van der Waals surface area contributed by atoms with Crippen molar-refractivity contribution in [3.63, 3.8) is 0 Å². The van der Waals surface area contributed by atoms with E-state index in [9.17, 15) is 5.11 Å². The van der Waals surface area contributed by atoms with Crippen LogP contribution in [0.3, 0.4) is 0 Å². The minimum absolute atomic E-state index is 0.268. The first kappa shape index (κ1) is 13.8. The molecule has 5 heteroatoms. The summed E-state index contributed by atoms with van der Waals surface area (Å²) < 4.78 is 0.